The van der Waals surface area contributed by atoms with Gasteiger partial charge in [0, 0.05) is 19.5 Å². The lowest BCUT2D eigenvalue weighted by atomic mass is 9.92. The van der Waals surface area contributed by atoms with Crippen molar-refractivity contribution in [1.82, 2.24) is 10.2 Å². The van der Waals surface area contributed by atoms with E-state index in [2.05, 4.69) is 5.32 Å². The molecule has 1 heterocycles. The van der Waals surface area contributed by atoms with Crippen LogP contribution in [0.5, 0.6) is 0 Å². The van der Waals surface area contributed by atoms with Gasteiger partial charge < -0.3 is 10.2 Å². The highest BCUT2D eigenvalue weighted by atomic mass is 35.5. The third kappa shape index (κ3) is 6.11. The van der Waals surface area contributed by atoms with Crippen molar-refractivity contribution in [2.45, 2.75) is 38.5 Å². The fourth-order valence-corrected chi connectivity index (χ4v) is 3.12. The van der Waals surface area contributed by atoms with Crippen molar-refractivity contribution in [3.05, 3.63) is 35.6 Å². The van der Waals surface area contributed by atoms with Gasteiger partial charge in [-0.25, -0.2) is 4.39 Å². The minimum atomic E-state index is -0.231. The molecule has 0 aromatic heterocycles. The Kier molecular flexibility index (Phi) is 8.56. The quantitative estimate of drug-likeness (QED) is 0.856. The molecule has 0 radical (unpaired) electrons. The van der Waals surface area contributed by atoms with Crippen LogP contribution in [-0.2, 0) is 4.79 Å². The van der Waals surface area contributed by atoms with Crippen molar-refractivity contribution in [3.8, 4) is 0 Å². The molecule has 1 fully saturated rings. The van der Waals surface area contributed by atoms with Crippen LogP contribution in [0, 0.1) is 11.7 Å². The first-order chi connectivity index (χ1) is 10.6. The number of carbonyl (C=O) groups excluding carboxylic acids is 1. The third-order valence-corrected chi connectivity index (χ3v) is 4.69. The maximum atomic E-state index is 12.9. The van der Waals surface area contributed by atoms with Gasteiger partial charge in [0.05, 0.1) is 0 Å². The standard InChI is InChI=1S/C18H27FN2O.ClH/c1-14(16-3-5-17(19)6-4-16)13-18(22)21-11-8-15(9-12-21)7-10-20-2;/h3-6,14-15,20H,7-13H2,1-2H3;1H. The van der Waals surface area contributed by atoms with Crippen molar-refractivity contribution in [2.24, 2.45) is 5.92 Å². The molecule has 1 aliphatic heterocycles. The van der Waals surface area contributed by atoms with Gasteiger partial charge in [-0.05, 0) is 62.4 Å². The molecule has 1 saturated heterocycles. The Balaban J connectivity index is 0.00000264. The molecular formula is C18H28ClFN2O. The molecule has 1 aromatic carbocycles. The Morgan fingerprint density at radius 2 is 1.91 bits per heavy atom. The molecule has 1 aliphatic rings. The van der Waals surface area contributed by atoms with Crippen LogP contribution in [0.25, 0.3) is 0 Å². The second-order valence-electron chi connectivity index (χ2n) is 6.37. The number of likely N-dealkylation sites (tertiary alicyclic amines) is 1. The van der Waals surface area contributed by atoms with E-state index in [1.807, 2.05) is 18.9 Å². The first kappa shape index (κ1) is 19.9. The summed E-state index contributed by atoms with van der Waals surface area (Å²) in [5, 5.41) is 3.19. The summed E-state index contributed by atoms with van der Waals surface area (Å²) in [6.45, 7) is 4.84. The summed E-state index contributed by atoms with van der Waals surface area (Å²) in [6, 6.07) is 6.47. The molecule has 1 aromatic rings. The molecule has 1 atom stereocenters. The van der Waals surface area contributed by atoms with Crippen LogP contribution in [0.3, 0.4) is 0 Å². The summed E-state index contributed by atoms with van der Waals surface area (Å²) in [4.78, 5) is 14.4. The van der Waals surface area contributed by atoms with Gasteiger partial charge >= 0.3 is 0 Å². The van der Waals surface area contributed by atoms with Gasteiger partial charge in [-0.15, -0.1) is 12.4 Å². The van der Waals surface area contributed by atoms with E-state index in [4.69, 9.17) is 0 Å². The Labute approximate surface area is 145 Å². The maximum absolute atomic E-state index is 12.9. The van der Waals surface area contributed by atoms with Crippen LogP contribution in [-0.4, -0.2) is 37.5 Å². The second kappa shape index (κ2) is 9.89. The molecule has 0 aliphatic carbocycles. The smallest absolute Gasteiger partial charge is 0.223 e. The zero-order valence-corrected chi connectivity index (χ0v) is 14.9. The van der Waals surface area contributed by atoms with E-state index in [9.17, 15) is 9.18 Å². The molecule has 1 amide bonds. The lowest BCUT2D eigenvalue weighted by molar-refractivity contribution is -0.132. The van der Waals surface area contributed by atoms with Gasteiger partial charge in [0.25, 0.3) is 0 Å². The van der Waals surface area contributed by atoms with Gasteiger partial charge in [0.1, 0.15) is 5.82 Å². The van der Waals surface area contributed by atoms with Gasteiger partial charge in [0.15, 0.2) is 0 Å². The number of hydrogen-bond donors (Lipinski definition) is 1. The predicted octanol–water partition coefficient (Wildman–Crippen LogP) is 3.59. The molecule has 0 saturated carbocycles. The van der Waals surface area contributed by atoms with Crippen molar-refractivity contribution in [1.29, 1.82) is 0 Å². The van der Waals surface area contributed by atoms with Crippen LogP contribution in [0.1, 0.15) is 44.1 Å². The summed E-state index contributed by atoms with van der Waals surface area (Å²) in [5.74, 6) is 0.871. The average molecular weight is 343 g/mol. The normalized spacial score (nSPS) is 16.7. The zero-order valence-electron chi connectivity index (χ0n) is 14.1. The van der Waals surface area contributed by atoms with Crippen molar-refractivity contribution < 1.29 is 9.18 Å². The van der Waals surface area contributed by atoms with E-state index in [1.165, 1.54) is 18.6 Å². The van der Waals surface area contributed by atoms with E-state index in [0.29, 0.717) is 6.42 Å². The molecule has 1 N–H and O–H groups in total. The summed E-state index contributed by atoms with van der Waals surface area (Å²) >= 11 is 0. The lowest BCUT2D eigenvalue weighted by Gasteiger charge is -2.32. The summed E-state index contributed by atoms with van der Waals surface area (Å²) < 4.78 is 12.9. The number of hydrogen-bond acceptors (Lipinski definition) is 2. The maximum Gasteiger partial charge on any atom is 0.223 e. The Hall–Kier alpha value is -1.13. The highest BCUT2D eigenvalue weighted by Gasteiger charge is 2.23. The fraction of sp³-hybridized carbons (Fsp3) is 0.611. The highest BCUT2D eigenvalue weighted by molar-refractivity contribution is 5.85. The molecule has 130 valence electrons. The highest BCUT2D eigenvalue weighted by Crippen LogP contribution is 2.24. The minimum Gasteiger partial charge on any atom is -0.343 e. The van der Waals surface area contributed by atoms with Gasteiger partial charge in [-0.3, -0.25) is 4.79 Å². The topological polar surface area (TPSA) is 32.3 Å². The van der Waals surface area contributed by atoms with Crippen molar-refractivity contribution in [2.75, 3.05) is 26.7 Å². The van der Waals surface area contributed by atoms with Crippen LogP contribution >= 0.6 is 12.4 Å². The average Bonchev–Trinajstić information content (AvgIpc) is 2.54. The third-order valence-electron chi connectivity index (χ3n) is 4.69. The van der Waals surface area contributed by atoms with Crippen molar-refractivity contribution in [3.63, 3.8) is 0 Å². The fourth-order valence-electron chi connectivity index (χ4n) is 3.12. The number of amides is 1. The molecule has 0 bridgehead atoms. The minimum absolute atomic E-state index is 0. The predicted molar refractivity (Wildman–Crippen MR) is 94.5 cm³/mol. The zero-order chi connectivity index (χ0) is 15.9. The molecule has 2 rings (SSSR count). The van der Waals surface area contributed by atoms with Crippen LogP contribution < -0.4 is 5.32 Å². The van der Waals surface area contributed by atoms with E-state index < -0.39 is 0 Å². The largest absolute Gasteiger partial charge is 0.343 e. The van der Waals surface area contributed by atoms with Crippen LogP contribution in [0.15, 0.2) is 24.3 Å². The number of piperidine rings is 1. The molecular weight excluding hydrogens is 315 g/mol. The summed E-state index contributed by atoms with van der Waals surface area (Å²) in [7, 11) is 1.98. The number of carbonyl (C=O) groups is 1. The number of benzene rings is 1. The Morgan fingerprint density at radius 1 is 1.30 bits per heavy atom. The number of rotatable bonds is 6. The molecule has 1 unspecified atom stereocenters. The van der Waals surface area contributed by atoms with Gasteiger partial charge in [-0.2, -0.15) is 0 Å². The summed E-state index contributed by atoms with van der Waals surface area (Å²) in [6.07, 6.45) is 3.92. The number of nitrogens with zero attached hydrogens (tertiary/aromatic N) is 1. The van der Waals surface area contributed by atoms with Gasteiger partial charge in [0.2, 0.25) is 5.91 Å². The first-order valence-corrected chi connectivity index (χ1v) is 8.28. The number of halogens is 2. The summed E-state index contributed by atoms with van der Waals surface area (Å²) in [5.41, 5.74) is 1.03. The van der Waals surface area contributed by atoms with Crippen LogP contribution in [0.2, 0.25) is 0 Å². The van der Waals surface area contributed by atoms with Gasteiger partial charge in [-0.1, -0.05) is 19.1 Å². The molecule has 3 nitrogen and oxygen atoms in total. The first-order valence-electron chi connectivity index (χ1n) is 8.28. The van der Waals surface area contributed by atoms with E-state index in [-0.39, 0.29) is 30.0 Å². The molecule has 5 heteroatoms. The van der Waals surface area contributed by atoms with E-state index in [1.54, 1.807) is 12.1 Å². The SMILES string of the molecule is CNCCC1CCN(C(=O)CC(C)c2ccc(F)cc2)CC1.Cl. The Bertz CT molecular complexity index is 472. The van der Waals surface area contributed by atoms with E-state index in [0.717, 1.165) is 44.0 Å². The van der Waals surface area contributed by atoms with Crippen molar-refractivity contribution >= 4 is 18.3 Å². The van der Waals surface area contributed by atoms with E-state index >= 15 is 0 Å². The van der Waals surface area contributed by atoms with Crippen LogP contribution in [0.4, 0.5) is 4.39 Å². The Morgan fingerprint density at radius 3 is 2.48 bits per heavy atom. The monoisotopic (exact) mass is 342 g/mol. The number of nitrogens with one attached hydrogen (secondary N) is 1. The molecule has 23 heavy (non-hydrogen) atoms. The second-order valence-corrected chi connectivity index (χ2v) is 6.37. The molecule has 0 spiro atoms. The lowest BCUT2D eigenvalue weighted by Crippen LogP contribution is -2.39.